The van der Waals surface area contributed by atoms with Crippen LogP contribution in [0.5, 0.6) is 17.2 Å². The van der Waals surface area contributed by atoms with E-state index in [-0.39, 0.29) is 18.4 Å². The third-order valence-corrected chi connectivity index (χ3v) is 8.87. The summed E-state index contributed by atoms with van der Waals surface area (Å²) in [5.74, 6) is -5.44. The molecule has 8 rings (SSSR count). The van der Waals surface area contributed by atoms with Gasteiger partial charge >= 0.3 is 5.97 Å². The third kappa shape index (κ3) is 2.93. The van der Waals surface area contributed by atoms with E-state index in [9.17, 15) is 45.6 Å². The van der Waals surface area contributed by atoms with Crippen molar-refractivity contribution in [3.05, 3.63) is 17.7 Å². The molecular formula is C23H28O14. The zero-order chi connectivity index (χ0) is 26.7. The van der Waals surface area contributed by atoms with Crippen LogP contribution in [0.1, 0.15) is 30.1 Å². The second kappa shape index (κ2) is 7.65. The van der Waals surface area contributed by atoms with Crippen molar-refractivity contribution in [2.45, 2.75) is 73.8 Å². The molecule has 14 heteroatoms. The van der Waals surface area contributed by atoms with Gasteiger partial charge in [-0.15, -0.1) is 0 Å². The van der Waals surface area contributed by atoms with Gasteiger partial charge in [0.2, 0.25) is 0 Å². The van der Waals surface area contributed by atoms with Gasteiger partial charge in [0.25, 0.3) is 0 Å². The average molecular weight is 528 g/mol. The summed E-state index contributed by atoms with van der Waals surface area (Å²) in [6.07, 6.45) is -8.63. The standard InChI is InChI=1S/C23H28O14/c1-20-6-22(32)12-4-23(20,35-18-16(30)15(29)14(28)11(5-24)34-18)21(12,19(36-20)37-22)7-33-17(31)8-2-9(25)13(27)10(26)3-8/h2-3,11-12,14-16,18-19,24-30,32H,4-7H2,1H3. The number of esters is 1. The first-order valence-corrected chi connectivity index (χ1v) is 11.8. The van der Waals surface area contributed by atoms with E-state index in [1.807, 2.05) is 0 Å². The molecule has 0 amide bonds. The monoisotopic (exact) mass is 528 g/mol. The van der Waals surface area contributed by atoms with Gasteiger partial charge in [0.1, 0.15) is 42.2 Å². The molecular weight excluding hydrogens is 500 g/mol. The van der Waals surface area contributed by atoms with Crippen LogP contribution in [0.4, 0.5) is 0 Å². The van der Waals surface area contributed by atoms with Gasteiger partial charge in [0.15, 0.2) is 35.6 Å². The molecule has 204 valence electrons. The van der Waals surface area contributed by atoms with Gasteiger partial charge < -0.3 is 64.5 Å². The Morgan fingerprint density at radius 3 is 2.41 bits per heavy atom. The number of hydrogen-bond acceptors (Lipinski definition) is 14. The van der Waals surface area contributed by atoms with E-state index < -0.39 is 102 Å². The SMILES string of the molecule is CC12CC3(O)OC(O1)C1(COC(=O)c4cc(O)c(O)c(O)c4)C3CC21OC1OC(CO)C(O)C(O)C1O. The molecule has 11 unspecified atom stereocenters. The fourth-order valence-corrected chi connectivity index (χ4v) is 7.02. The van der Waals surface area contributed by atoms with Crippen LogP contribution in [0.25, 0.3) is 0 Å². The molecule has 1 aromatic carbocycles. The molecule has 6 bridgehead atoms. The highest BCUT2D eigenvalue weighted by atomic mass is 16.8. The number of phenols is 3. The van der Waals surface area contributed by atoms with Crippen molar-refractivity contribution in [1.82, 2.24) is 0 Å². The van der Waals surface area contributed by atoms with Crippen LogP contribution in [-0.4, -0.2) is 114 Å². The summed E-state index contributed by atoms with van der Waals surface area (Å²) < 4.78 is 29.3. The molecule has 4 aliphatic heterocycles. The predicted molar refractivity (Wildman–Crippen MR) is 114 cm³/mol. The van der Waals surface area contributed by atoms with Crippen molar-refractivity contribution in [3.63, 3.8) is 0 Å². The van der Waals surface area contributed by atoms with Gasteiger partial charge in [-0.3, -0.25) is 0 Å². The Morgan fingerprint density at radius 1 is 1.08 bits per heavy atom. The van der Waals surface area contributed by atoms with Crippen molar-refractivity contribution >= 4 is 5.97 Å². The molecule has 3 saturated carbocycles. The Bertz CT molecular complexity index is 1120. The lowest BCUT2D eigenvalue weighted by Gasteiger charge is -2.67. The van der Waals surface area contributed by atoms with Crippen LogP contribution < -0.4 is 0 Å². The summed E-state index contributed by atoms with van der Waals surface area (Å²) in [7, 11) is 0. The minimum atomic E-state index is -1.70. The lowest BCUT2D eigenvalue weighted by Crippen LogP contribution is -2.80. The molecule has 4 heterocycles. The smallest absolute Gasteiger partial charge is 0.338 e. The largest absolute Gasteiger partial charge is 0.504 e. The van der Waals surface area contributed by atoms with Crippen LogP contribution in [-0.2, 0) is 23.7 Å². The van der Waals surface area contributed by atoms with Crippen LogP contribution >= 0.6 is 0 Å². The molecule has 7 aliphatic rings. The van der Waals surface area contributed by atoms with Crippen molar-refractivity contribution in [1.29, 1.82) is 0 Å². The van der Waals surface area contributed by atoms with Gasteiger partial charge in [-0.1, -0.05) is 0 Å². The molecule has 0 aromatic heterocycles. The molecule has 1 aromatic rings. The first-order chi connectivity index (χ1) is 17.3. The first kappa shape index (κ1) is 25.0. The number of hydrogen-bond donors (Lipinski definition) is 8. The summed E-state index contributed by atoms with van der Waals surface area (Å²) in [6.45, 7) is 0.611. The van der Waals surface area contributed by atoms with Crippen molar-refractivity contribution in [2.75, 3.05) is 13.2 Å². The molecule has 3 aliphatic carbocycles. The fraction of sp³-hybridized carbons (Fsp3) is 0.696. The third-order valence-electron chi connectivity index (χ3n) is 8.87. The number of benzene rings is 1. The van der Waals surface area contributed by atoms with Crippen LogP contribution in [0.3, 0.4) is 0 Å². The van der Waals surface area contributed by atoms with Crippen LogP contribution in [0.2, 0.25) is 0 Å². The van der Waals surface area contributed by atoms with E-state index in [1.165, 1.54) is 0 Å². The van der Waals surface area contributed by atoms with Gasteiger partial charge in [0, 0.05) is 12.3 Å². The number of ether oxygens (including phenoxy) is 5. The number of phenolic OH excluding ortho intramolecular Hbond substituents is 3. The molecule has 37 heavy (non-hydrogen) atoms. The molecule has 11 atom stereocenters. The minimum Gasteiger partial charge on any atom is -0.504 e. The van der Waals surface area contributed by atoms with Gasteiger partial charge in [-0.05, 0) is 25.5 Å². The average Bonchev–Trinajstić information content (AvgIpc) is 3.03. The maximum atomic E-state index is 12.8. The highest BCUT2D eigenvalue weighted by Gasteiger charge is 2.94. The summed E-state index contributed by atoms with van der Waals surface area (Å²) >= 11 is 0. The van der Waals surface area contributed by atoms with E-state index in [0.717, 1.165) is 12.1 Å². The van der Waals surface area contributed by atoms with Crippen molar-refractivity contribution < 1.29 is 69.3 Å². The van der Waals surface area contributed by atoms with Gasteiger partial charge in [-0.25, -0.2) is 4.79 Å². The van der Waals surface area contributed by atoms with E-state index in [0.29, 0.717) is 0 Å². The lowest BCUT2D eigenvalue weighted by atomic mass is 9.41. The quantitative estimate of drug-likeness (QED) is 0.144. The summed E-state index contributed by atoms with van der Waals surface area (Å²) in [5.41, 5.74) is -4.07. The molecule has 14 nitrogen and oxygen atoms in total. The molecule has 7 fully saturated rings. The molecule has 4 saturated heterocycles. The lowest BCUT2D eigenvalue weighted by molar-refractivity contribution is -0.424. The Morgan fingerprint density at radius 2 is 1.76 bits per heavy atom. The number of aromatic hydroxyl groups is 3. The minimum absolute atomic E-state index is 0.00596. The first-order valence-electron chi connectivity index (χ1n) is 11.8. The Hall–Kier alpha value is -2.27. The van der Waals surface area contributed by atoms with E-state index in [4.69, 9.17) is 23.7 Å². The fourth-order valence-electron chi connectivity index (χ4n) is 7.02. The maximum Gasteiger partial charge on any atom is 0.338 e. The molecule has 0 radical (unpaired) electrons. The second-order valence-corrected chi connectivity index (χ2v) is 10.7. The van der Waals surface area contributed by atoms with Gasteiger partial charge in [-0.2, -0.15) is 0 Å². The van der Waals surface area contributed by atoms with Crippen molar-refractivity contribution in [3.8, 4) is 17.2 Å². The highest BCUT2D eigenvalue weighted by Crippen LogP contribution is 2.81. The molecule has 0 spiro atoms. The maximum absolute atomic E-state index is 12.8. The zero-order valence-electron chi connectivity index (χ0n) is 19.6. The van der Waals surface area contributed by atoms with E-state index in [1.54, 1.807) is 6.92 Å². The number of aliphatic hydroxyl groups excluding tert-OH is 4. The van der Waals surface area contributed by atoms with E-state index >= 15 is 0 Å². The Labute approximate surface area is 209 Å². The number of rotatable bonds is 6. The number of aliphatic hydroxyl groups is 5. The van der Waals surface area contributed by atoms with Crippen LogP contribution in [0, 0.1) is 11.3 Å². The summed E-state index contributed by atoms with van der Waals surface area (Å²) in [4.78, 5) is 12.8. The van der Waals surface area contributed by atoms with Crippen LogP contribution in [0.15, 0.2) is 12.1 Å². The predicted octanol–water partition coefficient (Wildman–Crippen LogP) is -2.24. The molecule has 8 N–H and O–H groups in total. The summed E-state index contributed by atoms with van der Waals surface area (Å²) in [6, 6.07) is 1.83. The highest BCUT2D eigenvalue weighted by molar-refractivity contribution is 5.91. The van der Waals surface area contributed by atoms with Crippen molar-refractivity contribution in [2.24, 2.45) is 11.3 Å². The van der Waals surface area contributed by atoms with Gasteiger partial charge in [0.05, 0.1) is 17.6 Å². The number of carbonyl (C=O) groups excluding carboxylic acids is 1. The number of carbonyl (C=O) groups is 1. The topological polar surface area (TPSA) is 225 Å². The Kier molecular flexibility index (Phi) is 5.18. The Balaban J connectivity index is 1.31. The zero-order valence-corrected chi connectivity index (χ0v) is 19.6. The normalized spacial score (nSPS) is 49.2. The second-order valence-electron chi connectivity index (χ2n) is 10.7. The summed E-state index contributed by atoms with van der Waals surface area (Å²) in [5, 5.41) is 80.7. The van der Waals surface area contributed by atoms with E-state index in [2.05, 4.69) is 0 Å².